The van der Waals surface area contributed by atoms with E-state index in [2.05, 4.69) is 27.7 Å². The van der Waals surface area contributed by atoms with Crippen molar-refractivity contribution in [1.29, 1.82) is 0 Å². The van der Waals surface area contributed by atoms with E-state index in [0.717, 1.165) is 32.4 Å². The van der Waals surface area contributed by atoms with Crippen molar-refractivity contribution in [2.45, 2.75) is 57.2 Å². The van der Waals surface area contributed by atoms with E-state index in [1.165, 1.54) is 25.1 Å². The van der Waals surface area contributed by atoms with Gasteiger partial charge in [0.05, 0.1) is 6.10 Å². The summed E-state index contributed by atoms with van der Waals surface area (Å²) < 4.78 is 2.29. The lowest BCUT2D eigenvalue weighted by Crippen LogP contribution is -2.46. The van der Waals surface area contributed by atoms with Crippen LogP contribution in [0, 0.1) is 5.92 Å². The van der Waals surface area contributed by atoms with Gasteiger partial charge in [0, 0.05) is 37.9 Å². The number of rotatable bonds is 3. The van der Waals surface area contributed by atoms with Crippen molar-refractivity contribution in [2.24, 2.45) is 5.92 Å². The fourth-order valence-corrected chi connectivity index (χ4v) is 3.73. The fourth-order valence-electron chi connectivity index (χ4n) is 3.73. The van der Waals surface area contributed by atoms with Crippen LogP contribution in [0.5, 0.6) is 0 Å². The summed E-state index contributed by atoms with van der Waals surface area (Å²) in [5, 5.41) is 10.1. The van der Waals surface area contributed by atoms with E-state index in [1.54, 1.807) is 0 Å². The third-order valence-electron chi connectivity index (χ3n) is 4.84. The van der Waals surface area contributed by atoms with Crippen LogP contribution in [0.15, 0.2) is 12.4 Å². The second-order valence-corrected chi connectivity index (χ2v) is 6.26. The molecule has 0 spiro atoms. The third kappa shape index (κ3) is 2.84. The first-order valence-electron chi connectivity index (χ1n) is 7.62. The van der Waals surface area contributed by atoms with Crippen LogP contribution in [0.1, 0.15) is 37.9 Å². The van der Waals surface area contributed by atoms with E-state index in [1.807, 2.05) is 6.20 Å². The summed E-state index contributed by atoms with van der Waals surface area (Å²) in [7, 11) is 2.18. The number of aryl methyl sites for hydroxylation is 1. The van der Waals surface area contributed by atoms with Crippen molar-refractivity contribution in [2.75, 3.05) is 13.6 Å². The highest BCUT2D eigenvalue weighted by atomic mass is 16.3. The van der Waals surface area contributed by atoms with Gasteiger partial charge in [-0.2, -0.15) is 0 Å². The Labute approximate surface area is 115 Å². The van der Waals surface area contributed by atoms with E-state index in [0.29, 0.717) is 12.0 Å². The normalized spacial score (nSPS) is 31.4. The van der Waals surface area contributed by atoms with E-state index < -0.39 is 0 Å². The average molecular weight is 263 g/mol. The molecule has 3 atom stereocenters. The molecule has 1 aromatic heterocycles. The lowest BCUT2D eigenvalue weighted by molar-refractivity contribution is 0.0231. The first-order valence-corrected chi connectivity index (χ1v) is 7.62. The molecule has 0 bridgehead atoms. The number of aromatic nitrogens is 2. The lowest BCUT2D eigenvalue weighted by atomic mass is 9.90. The standard InChI is InChI=1S/C15H25N3O/c1-17(13-4-2-3-5-14(13)19)10-12-6-7-15-16-8-9-18(15)11-12/h8-9,12-14,19H,2-7,10-11H2,1H3/t12-,13-,14-/m0/s1. The lowest BCUT2D eigenvalue weighted by Gasteiger charge is -2.37. The van der Waals surface area contributed by atoms with E-state index in [4.69, 9.17) is 0 Å². The van der Waals surface area contributed by atoms with Gasteiger partial charge < -0.3 is 14.6 Å². The van der Waals surface area contributed by atoms with Crippen LogP contribution in [0.2, 0.25) is 0 Å². The quantitative estimate of drug-likeness (QED) is 0.902. The van der Waals surface area contributed by atoms with Crippen LogP contribution in [0.4, 0.5) is 0 Å². The first kappa shape index (κ1) is 13.1. The van der Waals surface area contributed by atoms with Crippen LogP contribution in [0.25, 0.3) is 0 Å². The predicted octanol–water partition coefficient (Wildman–Crippen LogP) is 1.68. The van der Waals surface area contributed by atoms with Crippen molar-refractivity contribution in [3.05, 3.63) is 18.2 Å². The van der Waals surface area contributed by atoms with Crippen molar-refractivity contribution in [3.8, 4) is 0 Å². The van der Waals surface area contributed by atoms with Gasteiger partial charge in [0.1, 0.15) is 5.82 Å². The molecule has 1 N–H and O–H groups in total. The Morgan fingerprint density at radius 2 is 2.21 bits per heavy atom. The minimum atomic E-state index is -0.119. The summed E-state index contributed by atoms with van der Waals surface area (Å²) in [5.41, 5.74) is 0. The third-order valence-corrected chi connectivity index (χ3v) is 4.84. The molecule has 0 saturated heterocycles. The van der Waals surface area contributed by atoms with Gasteiger partial charge in [0.2, 0.25) is 0 Å². The van der Waals surface area contributed by atoms with Crippen LogP contribution < -0.4 is 0 Å². The number of hydrogen-bond donors (Lipinski definition) is 1. The van der Waals surface area contributed by atoms with E-state index in [-0.39, 0.29) is 6.10 Å². The molecule has 2 aliphatic rings. The highest BCUT2D eigenvalue weighted by molar-refractivity contribution is 4.97. The van der Waals surface area contributed by atoms with Gasteiger partial charge in [-0.25, -0.2) is 4.98 Å². The molecular formula is C15H25N3O. The molecule has 1 fully saturated rings. The summed E-state index contributed by atoms with van der Waals surface area (Å²) >= 11 is 0. The Bertz CT molecular complexity index is 417. The van der Waals surface area contributed by atoms with Crippen molar-refractivity contribution < 1.29 is 5.11 Å². The summed E-state index contributed by atoms with van der Waals surface area (Å²) in [4.78, 5) is 6.78. The molecule has 0 aromatic carbocycles. The molecule has 1 aliphatic carbocycles. The van der Waals surface area contributed by atoms with Gasteiger partial charge in [0.25, 0.3) is 0 Å². The summed E-state index contributed by atoms with van der Waals surface area (Å²) in [6, 6.07) is 0.373. The molecule has 19 heavy (non-hydrogen) atoms. The molecule has 4 heteroatoms. The number of aliphatic hydroxyl groups excluding tert-OH is 1. The van der Waals surface area contributed by atoms with Crippen molar-refractivity contribution >= 4 is 0 Å². The maximum Gasteiger partial charge on any atom is 0.108 e. The molecule has 0 unspecified atom stereocenters. The summed E-state index contributed by atoms with van der Waals surface area (Å²) in [6.45, 7) is 2.18. The highest BCUT2D eigenvalue weighted by Crippen LogP contribution is 2.25. The van der Waals surface area contributed by atoms with Crippen LogP contribution in [0.3, 0.4) is 0 Å². The molecule has 106 valence electrons. The Morgan fingerprint density at radius 3 is 3.05 bits per heavy atom. The van der Waals surface area contributed by atoms with E-state index in [9.17, 15) is 5.11 Å². The van der Waals surface area contributed by atoms with Gasteiger partial charge in [0.15, 0.2) is 0 Å². The number of fused-ring (bicyclic) bond motifs is 1. The van der Waals surface area contributed by atoms with Gasteiger partial charge in [-0.15, -0.1) is 0 Å². The second kappa shape index (κ2) is 5.63. The van der Waals surface area contributed by atoms with Gasteiger partial charge in [-0.05, 0) is 32.2 Å². The smallest absolute Gasteiger partial charge is 0.108 e. The summed E-state index contributed by atoms with van der Waals surface area (Å²) in [5.74, 6) is 1.93. The molecular weight excluding hydrogens is 238 g/mol. The number of hydrogen-bond acceptors (Lipinski definition) is 3. The Balaban J connectivity index is 1.57. The largest absolute Gasteiger partial charge is 0.391 e. The average Bonchev–Trinajstić information content (AvgIpc) is 2.86. The zero-order valence-electron chi connectivity index (χ0n) is 11.8. The maximum absolute atomic E-state index is 10.1. The molecule has 4 nitrogen and oxygen atoms in total. The van der Waals surface area contributed by atoms with Crippen LogP contribution in [-0.4, -0.2) is 45.3 Å². The minimum absolute atomic E-state index is 0.119. The minimum Gasteiger partial charge on any atom is -0.391 e. The number of likely N-dealkylation sites (N-methyl/N-ethyl adjacent to an activating group) is 1. The predicted molar refractivity (Wildman–Crippen MR) is 74.9 cm³/mol. The van der Waals surface area contributed by atoms with Crippen LogP contribution in [-0.2, 0) is 13.0 Å². The Kier molecular flexibility index (Phi) is 3.89. The maximum atomic E-state index is 10.1. The number of nitrogens with zero attached hydrogens (tertiary/aromatic N) is 3. The molecule has 1 aromatic rings. The number of imidazole rings is 1. The monoisotopic (exact) mass is 263 g/mol. The Morgan fingerprint density at radius 1 is 1.37 bits per heavy atom. The molecule has 1 saturated carbocycles. The first-order chi connectivity index (χ1) is 9.24. The topological polar surface area (TPSA) is 41.3 Å². The molecule has 2 heterocycles. The van der Waals surface area contributed by atoms with Crippen molar-refractivity contribution in [3.63, 3.8) is 0 Å². The molecule has 0 amide bonds. The SMILES string of the molecule is CN(C[C@@H]1CCc2nccn2C1)[C@H]1CCCC[C@@H]1O. The Hall–Kier alpha value is -0.870. The summed E-state index contributed by atoms with van der Waals surface area (Å²) in [6.07, 6.45) is 10.8. The zero-order chi connectivity index (χ0) is 13.2. The van der Waals surface area contributed by atoms with E-state index >= 15 is 0 Å². The molecule has 1 aliphatic heterocycles. The van der Waals surface area contributed by atoms with Gasteiger partial charge >= 0.3 is 0 Å². The van der Waals surface area contributed by atoms with Crippen LogP contribution >= 0.6 is 0 Å². The van der Waals surface area contributed by atoms with Gasteiger partial charge in [-0.1, -0.05) is 12.8 Å². The molecule has 3 rings (SSSR count). The van der Waals surface area contributed by atoms with Crippen molar-refractivity contribution in [1.82, 2.24) is 14.5 Å². The molecule has 0 radical (unpaired) electrons. The second-order valence-electron chi connectivity index (χ2n) is 6.26. The van der Waals surface area contributed by atoms with Gasteiger partial charge in [-0.3, -0.25) is 0 Å². The number of aliphatic hydroxyl groups is 1. The fraction of sp³-hybridized carbons (Fsp3) is 0.800. The highest BCUT2D eigenvalue weighted by Gasteiger charge is 2.29. The zero-order valence-corrected chi connectivity index (χ0v) is 11.8.